The normalized spacial score (nSPS) is 19.4. The maximum Gasteiger partial charge on any atom is 0.328 e. The van der Waals surface area contributed by atoms with Gasteiger partial charge in [0, 0.05) is 18.2 Å². The van der Waals surface area contributed by atoms with Crippen molar-refractivity contribution in [2.75, 3.05) is 13.2 Å². The van der Waals surface area contributed by atoms with Gasteiger partial charge in [-0.3, -0.25) is 0 Å². The molecule has 0 spiro atoms. The number of rotatable bonds is 3. The van der Waals surface area contributed by atoms with Crippen LogP contribution in [0.1, 0.15) is 6.42 Å². The van der Waals surface area contributed by atoms with Gasteiger partial charge in [0.1, 0.15) is 0 Å². The summed E-state index contributed by atoms with van der Waals surface area (Å²) < 4.78 is 0. The highest BCUT2D eigenvalue weighted by Gasteiger charge is 2.13. The fourth-order valence-corrected chi connectivity index (χ4v) is 0.647. The molecule has 0 aromatic rings. The summed E-state index contributed by atoms with van der Waals surface area (Å²) in [4.78, 5) is 19.1. The van der Waals surface area contributed by atoms with Gasteiger partial charge in [0.15, 0.2) is 0 Å². The molecule has 6 nitrogen and oxygen atoms in total. The van der Waals surface area contributed by atoms with Crippen LogP contribution in [-0.4, -0.2) is 46.5 Å². The third-order valence-electron chi connectivity index (χ3n) is 1.51. The zero-order valence-electron chi connectivity index (χ0n) is 7.51. The van der Waals surface area contributed by atoms with E-state index in [1.165, 1.54) is 0 Å². The van der Waals surface area contributed by atoms with Crippen LogP contribution in [0.15, 0.2) is 12.2 Å². The standard InChI is InChI=1S/C4H9NO.C4H4O4/c6-3-4-1-2-5-4;5-3(6)1-2-4(7)8/h4-6H,1-3H2;1-2H,(H,5,6)(H,7,8)/t4-;/m0./s1. The first-order valence-corrected chi connectivity index (χ1v) is 4.04. The average Bonchev–Trinajstić information content (AvgIpc) is 2.00. The Bertz CT molecular complexity index is 203. The van der Waals surface area contributed by atoms with E-state index < -0.39 is 11.9 Å². The Labute approximate surface area is 80.9 Å². The molecule has 80 valence electrons. The van der Waals surface area contributed by atoms with Gasteiger partial charge in [-0.05, 0) is 13.0 Å². The minimum atomic E-state index is -1.26. The van der Waals surface area contributed by atoms with Crippen LogP contribution in [-0.2, 0) is 9.59 Å². The summed E-state index contributed by atoms with van der Waals surface area (Å²) in [6.07, 6.45) is 2.27. The van der Waals surface area contributed by atoms with E-state index >= 15 is 0 Å². The summed E-state index contributed by atoms with van der Waals surface area (Å²) in [6, 6.07) is 0.421. The number of hydrogen-bond donors (Lipinski definition) is 4. The topological polar surface area (TPSA) is 107 Å². The molecule has 0 amide bonds. The summed E-state index contributed by atoms with van der Waals surface area (Å²) in [7, 11) is 0. The Balaban J connectivity index is 0.000000249. The molecule has 1 fully saturated rings. The highest BCUT2D eigenvalue weighted by atomic mass is 16.4. The quantitative estimate of drug-likeness (QED) is 0.441. The molecule has 1 aliphatic heterocycles. The van der Waals surface area contributed by atoms with Crippen molar-refractivity contribution in [1.29, 1.82) is 0 Å². The molecule has 1 saturated heterocycles. The lowest BCUT2D eigenvalue weighted by Crippen LogP contribution is -2.45. The van der Waals surface area contributed by atoms with Crippen LogP contribution in [0.3, 0.4) is 0 Å². The number of nitrogens with one attached hydrogen (secondary N) is 1. The third-order valence-corrected chi connectivity index (χ3v) is 1.51. The van der Waals surface area contributed by atoms with Crippen molar-refractivity contribution in [2.24, 2.45) is 0 Å². The molecule has 0 unspecified atom stereocenters. The first kappa shape index (κ1) is 12.6. The van der Waals surface area contributed by atoms with E-state index in [1.807, 2.05) is 0 Å². The van der Waals surface area contributed by atoms with Crippen LogP contribution >= 0.6 is 0 Å². The second kappa shape index (κ2) is 7.05. The van der Waals surface area contributed by atoms with Crippen molar-refractivity contribution in [2.45, 2.75) is 12.5 Å². The number of carboxylic acid groups (broad SMARTS) is 2. The van der Waals surface area contributed by atoms with Crippen molar-refractivity contribution >= 4 is 11.9 Å². The first-order valence-electron chi connectivity index (χ1n) is 4.04. The highest BCUT2D eigenvalue weighted by molar-refractivity contribution is 5.89. The molecule has 14 heavy (non-hydrogen) atoms. The summed E-state index contributed by atoms with van der Waals surface area (Å²) in [5.41, 5.74) is 0. The molecule has 1 aliphatic rings. The van der Waals surface area contributed by atoms with E-state index in [1.54, 1.807) is 0 Å². The Morgan fingerprint density at radius 3 is 1.79 bits per heavy atom. The number of aliphatic carboxylic acids is 2. The maximum atomic E-state index is 9.55. The summed E-state index contributed by atoms with van der Waals surface area (Å²) in [6.45, 7) is 1.39. The zero-order valence-corrected chi connectivity index (χ0v) is 7.51. The molecular formula is C8H13NO5. The SMILES string of the molecule is O=C(O)C=CC(=O)O.OC[C@@H]1CCN1. The van der Waals surface area contributed by atoms with E-state index in [-0.39, 0.29) is 0 Å². The summed E-state index contributed by atoms with van der Waals surface area (Å²) in [5, 5.41) is 27.0. The second-order valence-electron chi connectivity index (χ2n) is 2.63. The zero-order chi connectivity index (χ0) is 11.0. The van der Waals surface area contributed by atoms with Gasteiger partial charge in [-0.15, -0.1) is 0 Å². The molecule has 0 radical (unpaired) electrons. The van der Waals surface area contributed by atoms with E-state index in [9.17, 15) is 9.59 Å². The fourth-order valence-electron chi connectivity index (χ4n) is 0.647. The van der Waals surface area contributed by atoms with E-state index in [2.05, 4.69) is 5.32 Å². The van der Waals surface area contributed by atoms with Crippen molar-refractivity contribution in [3.63, 3.8) is 0 Å². The van der Waals surface area contributed by atoms with Gasteiger partial charge in [-0.1, -0.05) is 0 Å². The van der Waals surface area contributed by atoms with Gasteiger partial charge in [-0.25, -0.2) is 9.59 Å². The number of carbonyl (C=O) groups is 2. The van der Waals surface area contributed by atoms with Crippen molar-refractivity contribution in [3.05, 3.63) is 12.2 Å². The average molecular weight is 203 g/mol. The minimum absolute atomic E-state index is 0.306. The van der Waals surface area contributed by atoms with Crippen molar-refractivity contribution < 1.29 is 24.9 Å². The van der Waals surface area contributed by atoms with Gasteiger partial charge in [-0.2, -0.15) is 0 Å². The van der Waals surface area contributed by atoms with Crippen LogP contribution in [0.25, 0.3) is 0 Å². The molecule has 0 bridgehead atoms. The molecule has 4 N–H and O–H groups in total. The largest absolute Gasteiger partial charge is 0.478 e. The molecule has 1 atom stereocenters. The lowest BCUT2D eigenvalue weighted by molar-refractivity contribution is -0.134. The molecule has 0 aromatic carbocycles. The van der Waals surface area contributed by atoms with Gasteiger partial charge >= 0.3 is 11.9 Å². The molecular weight excluding hydrogens is 190 g/mol. The van der Waals surface area contributed by atoms with Gasteiger partial charge in [0.05, 0.1) is 6.61 Å². The minimum Gasteiger partial charge on any atom is -0.478 e. The number of carboxylic acids is 2. The summed E-state index contributed by atoms with van der Waals surface area (Å²) in [5.74, 6) is -2.51. The lowest BCUT2D eigenvalue weighted by atomic mass is 10.1. The molecule has 6 heteroatoms. The predicted octanol–water partition coefficient (Wildman–Crippen LogP) is -0.948. The van der Waals surface area contributed by atoms with Crippen LogP contribution in [0.5, 0.6) is 0 Å². The van der Waals surface area contributed by atoms with Crippen LogP contribution in [0.4, 0.5) is 0 Å². The second-order valence-corrected chi connectivity index (χ2v) is 2.63. The lowest BCUT2D eigenvalue weighted by Gasteiger charge is -2.24. The highest BCUT2D eigenvalue weighted by Crippen LogP contribution is 1.97. The van der Waals surface area contributed by atoms with Gasteiger partial charge in [0.2, 0.25) is 0 Å². The number of aliphatic hydroxyl groups is 1. The number of aliphatic hydroxyl groups excluding tert-OH is 1. The predicted molar refractivity (Wildman–Crippen MR) is 47.9 cm³/mol. The number of hydrogen-bond acceptors (Lipinski definition) is 4. The van der Waals surface area contributed by atoms with Crippen LogP contribution in [0.2, 0.25) is 0 Å². The molecule has 0 saturated carbocycles. The van der Waals surface area contributed by atoms with Gasteiger partial charge in [0.25, 0.3) is 0 Å². The molecule has 1 rings (SSSR count). The van der Waals surface area contributed by atoms with Crippen molar-refractivity contribution in [1.82, 2.24) is 5.32 Å². The van der Waals surface area contributed by atoms with Crippen LogP contribution in [0, 0.1) is 0 Å². The van der Waals surface area contributed by atoms with Crippen molar-refractivity contribution in [3.8, 4) is 0 Å². The van der Waals surface area contributed by atoms with E-state index in [0.717, 1.165) is 13.0 Å². The molecule has 0 aromatic heterocycles. The van der Waals surface area contributed by atoms with Gasteiger partial charge < -0.3 is 20.6 Å². The summed E-state index contributed by atoms with van der Waals surface area (Å²) >= 11 is 0. The smallest absolute Gasteiger partial charge is 0.328 e. The monoisotopic (exact) mass is 203 g/mol. The van der Waals surface area contributed by atoms with E-state index in [4.69, 9.17) is 15.3 Å². The van der Waals surface area contributed by atoms with Crippen LogP contribution < -0.4 is 5.32 Å². The Kier molecular flexibility index (Phi) is 6.34. The Morgan fingerprint density at radius 2 is 1.71 bits per heavy atom. The molecule has 1 heterocycles. The van der Waals surface area contributed by atoms with E-state index in [0.29, 0.717) is 24.8 Å². The Hall–Kier alpha value is -1.40. The first-order chi connectivity index (χ1) is 6.56. The third kappa shape index (κ3) is 7.26. The molecule has 0 aliphatic carbocycles. The fraction of sp³-hybridized carbons (Fsp3) is 0.500. The maximum absolute atomic E-state index is 9.55. The Morgan fingerprint density at radius 1 is 1.29 bits per heavy atom.